The molecule has 0 aliphatic heterocycles. The van der Waals surface area contributed by atoms with Crippen LogP contribution in [0.3, 0.4) is 0 Å². The second-order valence-corrected chi connectivity index (χ2v) is 6.15. The van der Waals surface area contributed by atoms with E-state index in [9.17, 15) is 10.1 Å². The molecule has 1 amide bonds. The van der Waals surface area contributed by atoms with Gasteiger partial charge in [-0.2, -0.15) is 5.26 Å². The predicted octanol–water partition coefficient (Wildman–Crippen LogP) is 4.96. The van der Waals surface area contributed by atoms with Crippen molar-refractivity contribution in [3.63, 3.8) is 0 Å². The van der Waals surface area contributed by atoms with Crippen molar-refractivity contribution >= 4 is 33.6 Å². The van der Waals surface area contributed by atoms with Crippen LogP contribution in [0.25, 0.3) is 6.08 Å². The van der Waals surface area contributed by atoms with Gasteiger partial charge < -0.3 is 10.1 Å². The summed E-state index contributed by atoms with van der Waals surface area (Å²) in [7, 11) is 0. The fourth-order valence-electron chi connectivity index (χ4n) is 2.22. The summed E-state index contributed by atoms with van der Waals surface area (Å²) in [6.07, 6.45) is 2.49. The van der Waals surface area contributed by atoms with Crippen LogP contribution in [0.4, 0.5) is 5.69 Å². The molecule has 0 fully saturated rings. The number of hydrogen-bond acceptors (Lipinski definition) is 3. The van der Waals surface area contributed by atoms with Crippen LogP contribution in [0.5, 0.6) is 5.75 Å². The number of nitriles is 1. The fraction of sp³-hybridized carbons (Fsp3) is 0.200. The zero-order valence-corrected chi connectivity index (χ0v) is 15.8. The van der Waals surface area contributed by atoms with Crippen LogP contribution in [0.1, 0.15) is 25.0 Å². The Labute approximate surface area is 156 Å². The third-order valence-electron chi connectivity index (χ3n) is 3.55. The van der Waals surface area contributed by atoms with Gasteiger partial charge in [0.2, 0.25) is 0 Å². The molecule has 4 nitrogen and oxygen atoms in total. The number of anilines is 1. The second kappa shape index (κ2) is 9.05. The lowest BCUT2D eigenvalue weighted by Crippen LogP contribution is -2.13. The molecule has 0 aliphatic carbocycles. The highest BCUT2D eigenvalue weighted by atomic mass is 79.9. The summed E-state index contributed by atoms with van der Waals surface area (Å²) in [4.78, 5) is 12.3. The zero-order chi connectivity index (χ0) is 18.2. The van der Waals surface area contributed by atoms with Gasteiger partial charge in [0.1, 0.15) is 17.4 Å². The molecule has 0 saturated heterocycles. The largest absolute Gasteiger partial charge is 0.493 e. The highest BCUT2D eigenvalue weighted by Gasteiger charge is 2.10. The molecule has 0 saturated carbocycles. The summed E-state index contributed by atoms with van der Waals surface area (Å²) < 4.78 is 6.23. The first kappa shape index (κ1) is 18.8. The van der Waals surface area contributed by atoms with Crippen LogP contribution in [0.2, 0.25) is 0 Å². The molecular formula is C20H19BrN2O2. The third-order valence-corrected chi connectivity index (χ3v) is 4.17. The standard InChI is InChI=1S/C20H19BrN2O2/c1-3-14-5-8-17(9-6-14)23-20(24)16(13-22)11-15-7-10-19(25-4-2)18(21)12-15/h5-12H,3-4H2,1-2H3,(H,23,24)/b16-11-. The molecule has 0 aliphatic rings. The molecule has 5 heteroatoms. The van der Waals surface area contributed by atoms with Crippen molar-refractivity contribution in [1.82, 2.24) is 0 Å². The molecule has 1 N–H and O–H groups in total. The number of hydrogen-bond donors (Lipinski definition) is 1. The third kappa shape index (κ3) is 5.20. The smallest absolute Gasteiger partial charge is 0.266 e. The van der Waals surface area contributed by atoms with Crippen LogP contribution in [-0.4, -0.2) is 12.5 Å². The van der Waals surface area contributed by atoms with Crippen molar-refractivity contribution in [3.8, 4) is 11.8 Å². The Morgan fingerprint density at radius 1 is 1.24 bits per heavy atom. The Morgan fingerprint density at radius 2 is 1.96 bits per heavy atom. The van der Waals surface area contributed by atoms with E-state index in [-0.39, 0.29) is 5.57 Å². The number of ether oxygens (including phenoxy) is 1. The maximum atomic E-state index is 12.3. The number of nitrogens with zero attached hydrogens (tertiary/aromatic N) is 1. The summed E-state index contributed by atoms with van der Waals surface area (Å²) in [5.41, 5.74) is 2.63. The van der Waals surface area contributed by atoms with Gasteiger partial charge in [-0.05, 0) is 70.7 Å². The van der Waals surface area contributed by atoms with E-state index in [1.165, 1.54) is 5.56 Å². The molecule has 0 aromatic heterocycles. The number of carbonyl (C=O) groups is 1. The first-order chi connectivity index (χ1) is 12.1. The molecular weight excluding hydrogens is 380 g/mol. The van der Waals surface area contributed by atoms with Crippen molar-refractivity contribution in [2.75, 3.05) is 11.9 Å². The molecule has 25 heavy (non-hydrogen) atoms. The van der Waals surface area contributed by atoms with Crippen LogP contribution < -0.4 is 10.1 Å². The summed E-state index contributed by atoms with van der Waals surface area (Å²) in [6.45, 7) is 4.54. The molecule has 128 valence electrons. The monoisotopic (exact) mass is 398 g/mol. The van der Waals surface area contributed by atoms with Gasteiger partial charge in [0.15, 0.2) is 0 Å². The quantitative estimate of drug-likeness (QED) is 0.552. The molecule has 0 bridgehead atoms. The van der Waals surface area contributed by atoms with E-state index in [1.54, 1.807) is 18.2 Å². The fourth-order valence-corrected chi connectivity index (χ4v) is 2.73. The lowest BCUT2D eigenvalue weighted by atomic mass is 10.1. The summed E-state index contributed by atoms with van der Waals surface area (Å²) in [5.74, 6) is 0.287. The molecule has 2 rings (SSSR count). The molecule has 0 heterocycles. The maximum absolute atomic E-state index is 12.3. The molecule has 2 aromatic rings. The molecule has 0 unspecified atom stereocenters. The van der Waals surface area contributed by atoms with Gasteiger partial charge in [-0.3, -0.25) is 4.79 Å². The Morgan fingerprint density at radius 3 is 2.52 bits per heavy atom. The second-order valence-electron chi connectivity index (χ2n) is 5.30. The number of nitrogens with one attached hydrogen (secondary N) is 1. The summed E-state index contributed by atoms with van der Waals surface area (Å²) in [6, 6.07) is 14.9. The Hall–Kier alpha value is -2.58. The van der Waals surface area contributed by atoms with E-state index in [4.69, 9.17) is 4.74 Å². The predicted molar refractivity (Wildman–Crippen MR) is 103 cm³/mol. The molecule has 0 radical (unpaired) electrons. The van der Waals surface area contributed by atoms with Gasteiger partial charge in [0.05, 0.1) is 11.1 Å². The van der Waals surface area contributed by atoms with Gasteiger partial charge >= 0.3 is 0 Å². The van der Waals surface area contributed by atoms with Crippen LogP contribution in [0, 0.1) is 11.3 Å². The Bertz CT molecular complexity index is 821. The maximum Gasteiger partial charge on any atom is 0.266 e. The number of aryl methyl sites for hydroxylation is 1. The molecule has 2 aromatic carbocycles. The van der Waals surface area contributed by atoms with Crippen LogP contribution in [0.15, 0.2) is 52.5 Å². The topological polar surface area (TPSA) is 62.1 Å². The van der Waals surface area contributed by atoms with Crippen LogP contribution in [-0.2, 0) is 11.2 Å². The average Bonchev–Trinajstić information content (AvgIpc) is 2.62. The van der Waals surface area contributed by atoms with E-state index in [1.807, 2.05) is 43.3 Å². The van der Waals surface area contributed by atoms with E-state index < -0.39 is 5.91 Å². The Kier molecular flexibility index (Phi) is 6.79. The minimum atomic E-state index is -0.434. The van der Waals surface area contributed by atoms with E-state index in [0.717, 1.165) is 22.2 Å². The van der Waals surface area contributed by atoms with Gasteiger partial charge in [-0.15, -0.1) is 0 Å². The molecule has 0 spiro atoms. The minimum absolute atomic E-state index is 0.0376. The zero-order valence-electron chi connectivity index (χ0n) is 14.2. The first-order valence-electron chi connectivity index (χ1n) is 8.01. The van der Waals surface area contributed by atoms with Crippen molar-refractivity contribution in [2.24, 2.45) is 0 Å². The number of halogens is 1. The van der Waals surface area contributed by atoms with Crippen LogP contribution >= 0.6 is 15.9 Å². The number of amides is 1. The lowest BCUT2D eigenvalue weighted by Gasteiger charge is -2.07. The highest BCUT2D eigenvalue weighted by Crippen LogP contribution is 2.27. The highest BCUT2D eigenvalue weighted by molar-refractivity contribution is 9.10. The SMILES string of the molecule is CCOc1ccc(/C=C(/C#N)C(=O)Nc2ccc(CC)cc2)cc1Br. The van der Waals surface area contributed by atoms with E-state index >= 15 is 0 Å². The first-order valence-corrected chi connectivity index (χ1v) is 8.81. The molecule has 0 atom stereocenters. The van der Waals surface area contributed by atoms with Gasteiger partial charge in [0, 0.05) is 5.69 Å². The van der Waals surface area contributed by atoms with Crippen molar-refractivity contribution in [1.29, 1.82) is 5.26 Å². The van der Waals surface area contributed by atoms with Gasteiger partial charge in [-0.1, -0.05) is 25.1 Å². The van der Waals surface area contributed by atoms with Crippen molar-refractivity contribution in [3.05, 3.63) is 63.6 Å². The van der Waals surface area contributed by atoms with E-state index in [0.29, 0.717) is 12.3 Å². The van der Waals surface area contributed by atoms with Gasteiger partial charge in [0.25, 0.3) is 5.91 Å². The Balaban J connectivity index is 2.17. The number of rotatable bonds is 6. The summed E-state index contributed by atoms with van der Waals surface area (Å²) >= 11 is 3.43. The average molecular weight is 399 g/mol. The van der Waals surface area contributed by atoms with Crippen molar-refractivity contribution in [2.45, 2.75) is 20.3 Å². The van der Waals surface area contributed by atoms with Crippen molar-refractivity contribution < 1.29 is 9.53 Å². The normalized spacial score (nSPS) is 10.9. The lowest BCUT2D eigenvalue weighted by molar-refractivity contribution is -0.112. The number of carbonyl (C=O) groups excluding carboxylic acids is 1. The van der Waals surface area contributed by atoms with Gasteiger partial charge in [-0.25, -0.2) is 0 Å². The minimum Gasteiger partial charge on any atom is -0.493 e. The summed E-state index contributed by atoms with van der Waals surface area (Å²) in [5, 5.41) is 12.1. The van der Waals surface area contributed by atoms with E-state index in [2.05, 4.69) is 28.2 Å². The number of benzene rings is 2.